The van der Waals surface area contributed by atoms with E-state index in [0.717, 1.165) is 0 Å². The summed E-state index contributed by atoms with van der Waals surface area (Å²) in [6.45, 7) is 5.93. The first kappa shape index (κ1) is 15.8. The maximum Gasteiger partial charge on any atom is 0.246 e. The van der Waals surface area contributed by atoms with Crippen LogP contribution in [0.1, 0.15) is 26.3 Å². The molecule has 2 rings (SSSR count). The van der Waals surface area contributed by atoms with Crippen LogP contribution in [0.15, 0.2) is 18.2 Å². The largest absolute Gasteiger partial charge is 0.342 e. The molecule has 1 heterocycles. The second-order valence-corrected chi connectivity index (χ2v) is 6.72. The lowest BCUT2D eigenvalue weighted by Crippen LogP contribution is -2.61. The highest BCUT2D eigenvalue weighted by molar-refractivity contribution is 6.30. The van der Waals surface area contributed by atoms with Crippen LogP contribution in [-0.4, -0.2) is 29.3 Å². The number of nitrogens with zero attached hydrogens (tertiary/aromatic N) is 1. The van der Waals surface area contributed by atoms with Crippen molar-refractivity contribution in [1.29, 1.82) is 0 Å². The first-order chi connectivity index (χ1) is 9.68. The molecule has 1 aromatic carbocycles. The number of carbonyl (C=O) groups excluding carboxylic acids is 2. The lowest BCUT2D eigenvalue weighted by molar-refractivity contribution is -0.147. The number of halogens is 2. The zero-order valence-electron chi connectivity index (χ0n) is 12.2. The highest BCUT2D eigenvalue weighted by Crippen LogP contribution is 2.24. The molecular weight excluding hydrogens is 295 g/mol. The fourth-order valence-corrected chi connectivity index (χ4v) is 2.48. The van der Waals surface area contributed by atoms with E-state index >= 15 is 0 Å². The maximum absolute atomic E-state index is 13.2. The summed E-state index contributed by atoms with van der Waals surface area (Å²) in [7, 11) is 0. The summed E-state index contributed by atoms with van der Waals surface area (Å²) in [4.78, 5) is 25.7. The molecule has 1 atom stereocenters. The topological polar surface area (TPSA) is 49.4 Å². The van der Waals surface area contributed by atoms with Crippen LogP contribution in [0.4, 0.5) is 4.39 Å². The molecule has 21 heavy (non-hydrogen) atoms. The molecule has 114 valence electrons. The van der Waals surface area contributed by atoms with Gasteiger partial charge in [-0.3, -0.25) is 9.59 Å². The number of carbonyl (C=O) groups is 2. The second-order valence-electron chi connectivity index (χ2n) is 6.31. The fraction of sp³-hybridized carbons (Fsp3) is 0.467. The first-order valence-electron chi connectivity index (χ1n) is 6.70. The zero-order valence-corrected chi connectivity index (χ0v) is 13.0. The average Bonchev–Trinajstić information content (AvgIpc) is 2.36. The molecule has 0 aromatic heterocycles. The molecule has 1 N–H and O–H groups in total. The highest BCUT2D eigenvalue weighted by Gasteiger charge is 2.39. The smallest absolute Gasteiger partial charge is 0.246 e. The number of piperazine rings is 1. The van der Waals surface area contributed by atoms with Gasteiger partial charge in [0, 0.05) is 6.54 Å². The number of amides is 2. The van der Waals surface area contributed by atoms with E-state index in [4.69, 9.17) is 11.6 Å². The Labute approximate surface area is 128 Å². The normalized spacial score (nSPS) is 19.7. The molecule has 1 fully saturated rings. The highest BCUT2D eigenvalue weighted by atomic mass is 35.5. The van der Waals surface area contributed by atoms with E-state index in [-0.39, 0.29) is 35.3 Å². The Bertz CT molecular complexity index is 584. The van der Waals surface area contributed by atoms with Crippen LogP contribution in [0.25, 0.3) is 0 Å². The van der Waals surface area contributed by atoms with Gasteiger partial charge in [-0.1, -0.05) is 38.4 Å². The van der Waals surface area contributed by atoms with E-state index in [0.29, 0.717) is 5.56 Å². The fourth-order valence-electron chi connectivity index (χ4n) is 2.28. The molecule has 6 heteroatoms. The van der Waals surface area contributed by atoms with Crippen LogP contribution >= 0.6 is 11.6 Å². The first-order valence-corrected chi connectivity index (χ1v) is 7.08. The number of hydrogen-bond acceptors (Lipinski definition) is 2. The van der Waals surface area contributed by atoms with E-state index in [1.807, 2.05) is 20.8 Å². The molecule has 0 spiro atoms. The quantitative estimate of drug-likeness (QED) is 0.911. The van der Waals surface area contributed by atoms with Gasteiger partial charge in [-0.25, -0.2) is 4.39 Å². The van der Waals surface area contributed by atoms with Gasteiger partial charge in [-0.2, -0.15) is 0 Å². The van der Waals surface area contributed by atoms with E-state index in [9.17, 15) is 14.0 Å². The van der Waals surface area contributed by atoms with Gasteiger partial charge < -0.3 is 10.2 Å². The van der Waals surface area contributed by atoms with Crippen LogP contribution in [0, 0.1) is 11.2 Å². The minimum atomic E-state index is -0.560. The third-order valence-corrected chi connectivity index (χ3v) is 3.71. The van der Waals surface area contributed by atoms with Gasteiger partial charge in [0.1, 0.15) is 11.9 Å². The van der Waals surface area contributed by atoms with E-state index in [2.05, 4.69) is 5.32 Å². The predicted molar refractivity (Wildman–Crippen MR) is 78.2 cm³/mol. The van der Waals surface area contributed by atoms with Gasteiger partial charge >= 0.3 is 0 Å². The van der Waals surface area contributed by atoms with E-state index in [1.54, 1.807) is 6.07 Å². The standard InChI is InChI=1S/C15H18ClFN2O2/c1-15(2,3)13-14(21)19(8-12(20)18-13)7-9-4-5-11(17)10(16)6-9/h4-6,13H,7-8H2,1-3H3,(H,18,20). The summed E-state index contributed by atoms with van der Waals surface area (Å²) >= 11 is 5.74. The van der Waals surface area contributed by atoms with Crippen LogP contribution in [-0.2, 0) is 16.1 Å². The summed E-state index contributed by atoms with van der Waals surface area (Å²) < 4.78 is 13.2. The molecule has 1 unspecified atom stereocenters. The molecular formula is C15H18ClFN2O2. The molecule has 4 nitrogen and oxygen atoms in total. The monoisotopic (exact) mass is 312 g/mol. The van der Waals surface area contributed by atoms with Gasteiger partial charge in [0.05, 0.1) is 11.6 Å². The van der Waals surface area contributed by atoms with Gasteiger partial charge in [0.15, 0.2) is 0 Å². The third kappa shape index (κ3) is 3.53. The maximum atomic E-state index is 13.2. The molecule has 1 aliphatic heterocycles. The van der Waals surface area contributed by atoms with Gasteiger partial charge in [0.2, 0.25) is 11.8 Å². The Morgan fingerprint density at radius 3 is 2.62 bits per heavy atom. The van der Waals surface area contributed by atoms with Crippen molar-refractivity contribution in [1.82, 2.24) is 10.2 Å². The Morgan fingerprint density at radius 2 is 2.05 bits per heavy atom. The second kappa shape index (κ2) is 5.64. The molecule has 1 saturated heterocycles. The van der Waals surface area contributed by atoms with Crippen LogP contribution in [0.2, 0.25) is 5.02 Å². The number of hydrogen-bond donors (Lipinski definition) is 1. The molecule has 0 radical (unpaired) electrons. The van der Waals surface area contributed by atoms with Gasteiger partial charge in [0.25, 0.3) is 0 Å². The summed E-state index contributed by atoms with van der Waals surface area (Å²) in [5.74, 6) is -0.832. The summed E-state index contributed by atoms with van der Waals surface area (Å²) in [6.07, 6.45) is 0. The summed E-state index contributed by atoms with van der Waals surface area (Å²) in [5.41, 5.74) is 0.323. The van der Waals surface area contributed by atoms with E-state index < -0.39 is 11.9 Å². The number of rotatable bonds is 2. The van der Waals surface area contributed by atoms with Crippen molar-refractivity contribution in [2.24, 2.45) is 5.41 Å². The van der Waals surface area contributed by atoms with Crippen molar-refractivity contribution >= 4 is 23.4 Å². The summed E-state index contributed by atoms with van der Waals surface area (Å²) in [5, 5.41) is 2.73. The third-order valence-electron chi connectivity index (χ3n) is 3.42. The molecule has 2 amide bonds. The van der Waals surface area contributed by atoms with Crippen molar-refractivity contribution in [3.8, 4) is 0 Å². The Kier molecular flexibility index (Phi) is 4.23. The average molecular weight is 313 g/mol. The minimum absolute atomic E-state index is 0.000406. The van der Waals surface area contributed by atoms with Crippen molar-refractivity contribution in [2.75, 3.05) is 6.54 Å². The lowest BCUT2D eigenvalue weighted by Gasteiger charge is -2.38. The van der Waals surface area contributed by atoms with Crippen molar-refractivity contribution in [3.05, 3.63) is 34.6 Å². The van der Waals surface area contributed by atoms with Crippen molar-refractivity contribution in [3.63, 3.8) is 0 Å². The summed E-state index contributed by atoms with van der Waals surface area (Å²) in [6, 6.07) is 3.73. The molecule has 1 aromatic rings. The van der Waals surface area contributed by atoms with Crippen LogP contribution in [0.5, 0.6) is 0 Å². The van der Waals surface area contributed by atoms with Crippen LogP contribution in [0.3, 0.4) is 0 Å². The molecule has 0 aliphatic carbocycles. The van der Waals surface area contributed by atoms with Crippen molar-refractivity contribution < 1.29 is 14.0 Å². The molecule has 0 saturated carbocycles. The Morgan fingerprint density at radius 1 is 1.38 bits per heavy atom. The van der Waals surface area contributed by atoms with E-state index in [1.165, 1.54) is 17.0 Å². The molecule has 1 aliphatic rings. The SMILES string of the molecule is CC(C)(C)C1NC(=O)CN(Cc2ccc(F)c(Cl)c2)C1=O. The predicted octanol–water partition coefficient (Wildman–Crippen LogP) is 2.35. The number of nitrogens with one attached hydrogen (secondary N) is 1. The van der Waals surface area contributed by atoms with Gasteiger partial charge in [-0.05, 0) is 23.1 Å². The lowest BCUT2D eigenvalue weighted by atomic mass is 9.84. The Hall–Kier alpha value is -1.62. The minimum Gasteiger partial charge on any atom is -0.342 e. The Balaban J connectivity index is 2.20. The number of benzene rings is 1. The van der Waals surface area contributed by atoms with Crippen LogP contribution < -0.4 is 5.32 Å². The molecule has 0 bridgehead atoms. The van der Waals surface area contributed by atoms with Gasteiger partial charge in [-0.15, -0.1) is 0 Å². The zero-order chi connectivity index (χ0) is 15.8. The van der Waals surface area contributed by atoms with Crippen molar-refractivity contribution in [2.45, 2.75) is 33.4 Å².